The first-order valence-electron chi connectivity index (χ1n) is 19.2. The van der Waals surface area contributed by atoms with Gasteiger partial charge in [0.2, 0.25) is 13.3 Å². The molecule has 0 aromatic heterocycles. The minimum atomic E-state index is -0.528. The maximum Gasteiger partial charge on any atom is 0.249 e. The van der Waals surface area contributed by atoms with Crippen LogP contribution in [-0.4, -0.2) is 19.1 Å². The molecule has 0 aromatic rings. The number of carbonyl (C=O) groups excluding carboxylic acids is 2. The maximum absolute atomic E-state index is 14.6. The summed E-state index contributed by atoms with van der Waals surface area (Å²) in [6.07, 6.45) is 24.7. The molecule has 6 aliphatic rings. The number of nitriles is 1. The van der Waals surface area contributed by atoms with Crippen LogP contribution < -0.4 is 5.23 Å². The highest BCUT2D eigenvalue weighted by Gasteiger charge is 2.69. The number of nitrogens with zero attached hydrogens (tertiary/aromatic N) is 1. The van der Waals surface area contributed by atoms with Gasteiger partial charge in [-0.1, -0.05) is 124 Å². The molecule has 0 saturated heterocycles. The molecule has 1 radical (unpaired) electrons. The van der Waals surface area contributed by atoms with Crippen molar-refractivity contribution >= 4 is 19.1 Å². The Labute approximate surface area is 281 Å². The molecule has 1 amide bonds. The van der Waals surface area contributed by atoms with Crippen LogP contribution in [-0.2, 0) is 9.59 Å². The molecule has 0 bridgehead atoms. The van der Waals surface area contributed by atoms with Gasteiger partial charge in [0.05, 0.1) is 11.0 Å². The number of carbonyl (C=O) groups is 2. The third-order valence-electron chi connectivity index (χ3n) is 15.6. The summed E-state index contributed by atoms with van der Waals surface area (Å²) in [4.78, 5) is 28.0. The Morgan fingerprint density at radius 3 is 2.13 bits per heavy atom. The Bertz CT molecular complexity index is 1330. The Morgan fingerprint density at radius 2 is 1.48 bits per heavy atom. The van der Waals surface area contributed by atoms with Crippen molar-refractivity contribution in [3.63, 3.8) is 0 Å². The van der Waals surface area contributed by atoms with Crippen molar-refractivity contribution in [3.8, 4) is 6.07 Å². The van der Waals surface area contributed by atoms with Crippen LogP contribution in [0.25, 0.3) is 0 Å². The molecule has 0 heterocycles. The lowest BCUT2D eigenvalue weighted by molar-refractivity contribution is -0.165. The molecule has 5 heteroatoms. The van der Waals surface area contributed by atoms with E-state index >= 15 is 0 Å². The molecule has 251 valence electrons. The summed E-state index contributed by atoms with van der Waals surface area (Å²) >= 11 is 0. The zero-order valence-corrected chi connectivity index (χ0v) is 30.3. The largest absolute Gasteiger partial charge is 0.403 e. The molecule has 0 aliphatic heterocycles. The first-order chi connectivity index (χ1) is 21.6. The van der Waals surface area contributed by atoms with Crippen LogP contribution in [0.4, 0.5) is 0 Å². The smallest absolute Gasteiger partial charge is 0.249 e. The third kappa shape index (κ3) is 5.21. The van der Waals surface area contributed by atoms with Gasteiger partial charge in [0.15, 0.2) is 5.78 Å². The normalized spacial score (nSPS) is 42.4. The van der Waals surface area contributed by atoms with Crippen LogP contribution in [0.15, 0.2) is 23.3 Å². The van der Waals surface area contributed by atoms with E-state index in [0.717, 1.165) is 51.4 Å². The first-order valence-corrected chi connectivity index (χ1v) is 19.2. The molecule has 46 heavy (non-hydrogen) atoms. The van der Waals surface area contributed by atoms with Crippen LogP contribution in [0.1, 0.15) is 158 Å². The van der Waals surface area contributed by atoms with E-state index in [-0.39, 0.29) is 44.7 Å². The predicted molar refractivity (Wildman–Crippen MR) is 188 cm³/mol. The standard InChI is InChI=1S/C41H62BN2O2/c1-36(2)21-23-41(35(46)44-42-29-15-13-11-9-8-10-12-14-16-29)24-22-39(6)30(31(41)26-36)17-18-33-38(5)25-28(27-43)34(45)37(3,4)32(38)19-20-40(33,39)7/h17,25,29,31-33H,8-16,18-24,26H2,1-7H3,(H,44,46)/t31-,32-,33?,38-,39+,40+,41?/m0/s1. The number of amides is 1. The van der Waals surface area contributed by atoms with E-state index in [4.69, 9.17) is 0 Å². The first kappa shape index (κ1) is 34.1. The van der Waals surface area contributed by atoms with Gasteiger partial charge in [-0.2, -0.15) is 5.26 Å². The van der Waals surface area contributed by atoms with Gasteiger partial charge in [-0.25, -0.2) is 0 Å². The number of ketones is 1. The molecule has 4 saturated carbocycles. The van der Waals surface area contributed by atoms with E-state index in [2.05, 4.69) is 79.3 Å². The van der Waals surface area contributed by atoms with Crippen molar-refractivity contribution in [1.29, 1.82) is 5.26 Å². The molecule has 7 atom stereocenters. The number of fused-ring (bicyclic) bond motifs is 7. The number of rotatable bonds is 3. The average Bonchev–Trinajstić information content (AvgIpc) is 3.00. The van der Waals surface area contributed by atoms with Gasteiger partial charge in [-0.05, 0) is 96.6 Å². The monoisotopic (exact) mass is 625 g/mol. The SMILES string of the molecule is CC1(C)CCC2(C(=O)N[B]C3CCCCCCCCC3)CC[C@]3(C)C(=CCC4[C@@]5(C)C=C(C#N)C(=O)C(C)(C)[C@@H]5CC[C@]43C)[C@@H]2C1. The Morgan fingerprint density at radius 1 is 0.848 bits per heavy atom. The molecule has 6 rings (SSSR count). The van der Waals surface area contributed by atoms with E-state index in [0.29, 0.717) is 23.2 Å². The minimum absolute atomic E-state index is 0.00197. The highest BCUT2D eigenvalue weighted by Crippen LogP contribution is 2.75. The van der Waals surface area contributed by atoms with E-state index < -0.39 is 5.41 Å². The van der Waals surface area contributed by atoms with Crippen molar-refractivity contribution in [3.05, 3.63) is 23.3 Å². The summed E-state index contributed by atoms with van der Waals surface area (Å²) in [5, 5.41) is 13.5. The highest BCUT2D eigenvalue weighted by molar-refractivity contribution is 6.39. The fraction of sp³-hybridized carbons (Fsp3) is 0.829. The lowest BCUT2D eigenvalue weighted by Crippen LogP contribution is -2.64. The van der Waals surface area contributed by atoms with Crippen molar-refractivity contribution < 1.29 is 9.59 Å². The van der Waals surface area contributed by atoms with Gasteiger partial charge in [0.1, 0.15) is 6.07 Å². The fourth-order valence-corrected chi connectivity index (χ4v) is 12.6. The lowest BCUT2D eigenvalue weighted by Gasteiger charge is -2.70. The second kappa shape index (κ2) is 11.9. The van der Waals surface area contributed by atoms with Gasteiger partial charge in [0.25, 0.3) is 0 Å². The highest BCUT2D eigenvalue weighted by atomic mass is 16.2. The fourth-order valence-electron chi connectivity index (χ4n) is 12.6. The molecular formula is C41H62BN2O2. The second-order valence-electron chi connectivity index (χ2n) is 18.9. The van der Waals surface area contributed by atoms with Crippen molar-refractivity contribution in [2.24, 2.45) is 50.2 Å². The van der Waals surface area contributed by atoms with Crippen LogP contribution in [0, 0.1) is 61.6 Å². The van der Waals surface area contributed by atoms with Crippen molar-refractivity contribution in [2.45, 2.75) is 163 Å². The zero-order chi connectivity index (χ0) is 33.2. The molecular weight excluding hydrogens is 563 g/mol. The second-order valence-corrected chi connectivity index (χ2v) is 18.9. The van der Waals surface area contributed by atoms with Gasteiger partial charge in [-0.3, -0.25) is 9.59 Å². The quantitative estimate of drug-likeness (QED) is 0.251. The Balaban J connectivity index is 1.32. The van der Waals surface area contributed by atoms with Crippen LogP contribution in [0.2, 0.25) is 5.82 Å². The number of hydrogen-bond donors (Lipinski definition) is 1. The Hall–Kier alpha value is -1.83. The molecule has 0 spiro atoms. The molecule has 0 aromatic carbocycles. The van der Waals surface area contributed by atoms with Crippen molar-refractivity contribution in [2.75, 3.05) is 0 Å². The van der Waals surface area contributed by atoms with Crippen LogP contribution in [0.3, 0.4) is 0 Å². The van der Waals surface area contributed by atoms with Gasteiger partial charge in [0, 0.05) is 5.41 Å². The summed E-state index contributed by atoms with van der Waals surface area (Å²) in [5.74, 6) is 1.69. The van der Waals surface area contributed by atoms with E-state index in [1.807, 2.05) is 0 Å². The summed E-state index contributed by atoms with van der Waals surface area (Å²) in [6.45, 7) is 16.5. The number of allylic oxidation sites excluding steroid dienone is 4. The zero-order valence-electron chi connectivity index (χ0n) is 30.3. The van der Waals surface area contributed by atoms with Crippen molar-refractivity contribution in [1.82, 2.24) is 5.23 Å². The van der Waals surface area contributed by atoms with E-state index in [9.17, 15) is 14.9 Å². The number of Topliss-reactive ketones (excluding diaryl/α,β-unsaturated/α-hetero) is 1. The molecule has 6 aliphatic carbocycles. The van der Waals surface area contributed by atoms with Crippen LogP contribution >= 0.6 is 0 Å². The maximum atomic E-state index is 14.6. The molecule has 1 N–H and O–H groups in total. The van der Waals surface area contributed by atoms with Gasteiger partial charge < -0.3 is 5.23 Å². The number of hydrogen-bond acceptors (Lipinski definition) is 3. The number of nitrogens with one attached hydrogen (secondary N) is 1. The Kier molecular flexibility index (Phi) is 8.84. The van der Waals surface area contributed by atoms with Crippen LogP contribution in [0.5, 0.6) is 0 Å². The molecule has 4 nitrogen and oxygen atoms in total. The lowest BCUT2D eigenvalue weighted by atomic mass is 9.34. The summed E-state index contributed by atoms with van der Waals surface area (Å²) < 4.78 is 0. The summed E-state index contributed by atoms with van der Waals surface area (Å²) in [7, 11) is 2.23. The minimum Gasteiger partial charge on any atom is -0.403 e. The molecule has 2 unspecified atom stereocenters. The average molecular weight is 626 g/mol. The molecule has 4 fully saturated rings. The van der Waals surface area contributed by atoms with E-state index in [1.165, 1.54) is 57.8 Å². The summed E-state index contributed by atoms with van der Waals surface area (Å²) in [6, 6.07) is 2.30. The van der Waals surface area contributed by atoms with Gasteiger partial charge >= 0.3 is 0 Å². The van der Waals surface area contributed by atoms with Gasteiger partial charge in [-0.15, -0.1) is 0 Å². The third-order valence-corrected chi connectivity index (χ3v) is 15.6. The topological polar surface area (TPSA) is 70.0 Å². The van der Waals surface area contributed by atoms with E-state index in [1.54, 1.807) is 5.57 Å². The summed E-state index contributed by atoms with van der Waals surface area (Å²) in [5.41, 5.74) is 1.13. The predicted octanol–water partition coefficient (Wildman–Crippen LogP) is 10.1.